The van der Waals surface area contributed by atoms with Crippen molar-refractivity contribution in [2.24, 2.45) is 0 Å². The number of nitrogens with one attached hydrogen (secondary N) is 3. The summed E-state index contributed by atoms with van der Waals surface area (Å²) >= 11 is 0. The van der Waals surface area contributed by atoms with Gasteiger partial charge in [-0.1, -0.05) is 6.07 Å². The summed E-state index contributed by atoms with van der Waals surface area (Å²) in [5.41, 5.74) is 3.64. The van der Waals surface area contributed by atoms with Gasteiger partial charge in [0, 0.05) is 40.3 Å². The van der Waals surface area contributed by atoms with E-state index >= 15 is 0 Å². The Balaban J connectivity index is 1.83. The van der Waals surface area contributed by atoms with E-state index in [0.29, 0.717) is 44.7 Å². The van der Waals surface area contributed by atoms with Crippen molar-refractivity contribution in [2.45, 2.75) is 20.4 Å². The zero-order valence-electron chi connectivity index (χ0n) is 19.4. The molecule has 0 bridgehead atoms. The summed E-state index contributed by atoms with van der Waals surface area (Å²) in [7, 11) is 3.10. The zero-order valence-corrected chi connectivity index (χ0v) is 19.4. The van der Waals surface area contributed by atoms with Gasteiger partial charge < -0.3 is 24.8 Å². The summed E-state index contributed by atoms with van der Waals surface area (Å²) in [5, 5.41) is 3.42. The lowest BCUT2D eigenvalue weighted by atomic mass is 9.97. The fraction of sp³-hybridized carbons (Fsp3) is 0.192. The summed E-state index contributed by atoms with van der Waals surface area (Å²) in [5.74, 6) is 0.738. The molecule has 2 heterocycles. The third-order valence-electron chi connectivity index (χ3n) is 5.72. The molecule has 0 aliphatic rings. The molecule has 0 saturated carbocycles. The number of fused-ring (bicyclic) bond motifs is 1. The third kappa shape index (κ3) is 4.30. The van der Waals surface area contributed by atoms with Crippen molar-refractivity contribution < 1.29 is 14.3 Å². The number of hydrogen-bond acceptors (Lipinski definition) is 5. The maximum atomic E-state index is 13.3. The highest BCUT2D eigenvalue weighted by atomic mass is 16.5. The highest BCUT2D eigenvalue weighted by Crippen LogP contribution is 2.39. The second-order valence-electron chi connectivity index (χ2n) is 7.97. The minimum absolute atomic E-state index is 0.0628. The predicted octanol–water partition coefficient (Wildman–Crippen LogP) is 3.45. The lowest BCUT2D eigenvalue weighted by Crippen LogP contribution is -2.28. The molecule has 0 unspecified atom stereocenters. The van der Waals surface area contributed by atoms with E-state index in [2.05, 4.69) is 15.3 Å². The van der Waals surface area contributed by atoms with Crippen molar-refractivity contribution in [3.63, 3.8) is 0 Å². The van der Waals surface area contributed by atoms with Gasteiger partial charge in [0.25, 0.3) is 11.5 Å². The minimum atomic E-state index is -0.382. The van der Waals surface area contributed by atoms with Crippen LogP contribution in [0.2, 0.25) is 0 Å². The van der Waals surface area contributed by atoms with Crippen LogP contribution in [0.15, 0.2) is 58.1 Å². The van der Waals surface area contributed by atoms with E-state index in [1.165, 1.54) is 6.07 Å². The average molecular weight is 460 g/mol. The second-order valence-corrected chi connectivity index (χ2v) is 7.97. The summed E-state index contributed by atoms with van der Waals surface area (Å²) in [6.07, 6.45) is 0. The molecule has 34 heavy (non-hydrogen) atoms. The van der Waals surface area contributed by atoms with Crippen LogP contribution in [0.3, 0.4) is 0 Å². The maximum absolute atomic E-state index is 13.3. The molecule has 0 atom stereocenters. The van der Waals surface area contributed by atoms with Crippen LogP contribution in [0.5, 0.6) is 11.5 Å². The lowest BCUT2D eigenvalue weighted by Gasteiger charge is -2.16. The minimum Gasteiger partial charge on any atom is -0.496 e. The molecule has 0 saturated heterocycles. The molecule has 174 valence electrons. The van der Waals surface area contributed by atoms with Crippen LogP contribution < -0.4 is 25.9 Å². The predicted molar refractivity (Wildman–Crippen MR) is 131 cm³/mol. The number of amides is 1. The summed E-state index contributed by atoms with van der Waals surface area (Å²) in [6.45, 7) is 3.70. The molecule has 0 aliphatic carbocycles. The Morgan fingerprint density at radius 3 is 2.29 bits per heavy atom. The van der Waals surface area contributed by atoms with Gasteiger partial charge in [-0.15, -0.1) is 0 Å². The van der Waals surface area contributed by atoms with Crippen molar-refractivity contribution in [2.75, 3.05) is 14.2 Å². The SMILES string of the molecule is COc1cccc(OC)c1-c1cc(C(=O)NCc2c(C)cc(C)[nH]c2=O)c2ccc(=O)[nH]c2c1. The van der Waals surface area contributed by atoms with Crippen molar-refractivity contribution in [1.82, 2.24) is 15.3 Å². The van der Waals surface area contributed by atoms with Crippen molar-refractivity contribution >= 4 is 16.8 Å². The number of rotatable bonds is 6. The number of carbonyl (C=O) groups excluding carboxylic acids is 1. The third-order valence-corrected chi connectivity index (χ3v) is 5.72. The largest absolute Gasteiger partial charge is 0.496 e. The van der Waals surface area contributed by atoms with Gasteiger partial charge in [0.05, 0.1) is 19.8 Å². The molecule has 0 aliphatic heterocycles. The van der Waals surface area contributed by atoms with Gasteiger partial charge in [0.2, 0.25) is 5.56 Å². The molecule has 2 aromatic heterocycles. The van der Waals surface area contributed by atoms with E-state index in [1.807, 2.05) is 13.0 Å². The lowest BCUT2D eigenvalue weighted by molar-refractivity contribution is 0.0952. The zero-order chi connectivity index (χ0) is 24.4. The molecule has 8 heteroatoms. The number of aromatic nitrogens is 2. The standard InChI is InChI=1S/C26H25N3O5/c1-14-10-15(2)28-26(32)19(14)13-27-25(31)18-11-16(12-20-17(18)8-9-23(30)29-20)24-21(33-3)6-5-7-22(24)34-4/h5-12H,13H2,1-4H3,(H,27,31)(H,28,32)(H,29,30). The molecular formula is C26H25N3O5. The number of aryl methyl sites for hydroxylation is 2. The van der Waals surface area contributed by atoms with Crippen LogP contribution in [0.4, 0.5) is 0 Å². The highest BCUT2D eigenvalue weighted by molar-refractivity contribution is 6.08. The van der Waals surface area contributed by atoms with E-state index < -0.39 is 0 Å². The summed E-state index contributed by atoms with van der Waals surface area (Å²) < 4.78 is 11.1. The summed E-state index contributed by atoms with van der Waals surface area (Å²) in [4.78, 5) is 43.3. The number of methoxy groups -OCH3 is 2. The van der Waals surface area contributed by atoms with Gasteiger partial charge in [0.1, 0.15) is 11.5 Å². The van der Waals surface area contributed by atoms with Crippen molar-refractivity contribution in [3.8, 4) is 22.6 Å². The molecule has 8 nitrogen and oxygen atoms in total. The van der Waals surface area contributed by atoms with Gasteiger partial charge in [-0.05, 0) is 61.4 Å². The Morgan fingerprint density at radius 2 is 1.65 bits per heavy atom. The molecule has 0 fully saturated rings. The molecule has 2 aromatic carbocycles. The Kier molecular flexibility index (Phi) is 6.23. The number of hydrogen-bond donors (Lipinski definition) is 3. The average Bonchev–Trinajstić information content (AvgIpc) is 2.81. The van der Waals surface area contributed by atoms with Gasteiger partial charge in [0.15, 0.2) is 0 Å². The number of ether oxygens (including phenoxy) is 2. The van der Waals surface area contributed by atoms with E-state index in [9.17, 15) is 14.4 Å². The van der Waals surface area contributed by atoms with E-state index in [-0.39, 0.29) is 23.6 Å². The number of carbonyl (C=O) groups is 1. The Hall–Kier alpha value is -4.33. The van der Waals surface area contributed by atoms with E-state index in [1.54, 1.807) is 57.5 Å². The molecule has 4 aromatic rings. The number of aromatic amines is 2. The van der Waals surface area contributed by atoms with Crippen molar-refractivity contribution in [3.05, 3.63) is 91.6 Å². The quantitative estimate of drug-likeness (QED) is 0.409. The number of H-pyrrole nitrogens is 2. The Morgan fingerprint density at radius 1 is 0.941 bits per heavy atom. The van der Waals surface area contributed by atoms with Gasteiger partial charge >= 0.3 is 0 Å². The highest BCUT2D eigenvalue weighted by Gasteiger charge is 2.18. The number of benzene rings is 2. The fourth-order valence-corrected chi connectivity index (χ4v) is 4.10. The van der Waals surface area contributed by atoms with Crippen LogP contribution in [0.1, 0.15) is 27.2 Å². The Bertz CT molecular complexity index is 1500. The van der Waals surface area contributed by atoms with Gasteiger partial charge in [-0.25, -0.2) is 0 Å². The number of pyridine rings is 2. The first-order chi connectivity index (χ1) is 16.3. The van der Waals surface area contributed by atoms with E-state index in [4.69, 9.17) is 9.47 Å². The molecular weight excluding hydrogens is 434 g/mol. The maximum Gasteiger partial charge on any atom is 0.253 e. The normalized spacial score (nSPS) is 10.8. The van der Waals surface area contributed by atoms with Crippen LogP contribution in [-0.2, 0) is 6.54 Å². The van der Waals surface area contributed by atoms with Crippen LogP contribution in [-0.4, -0.2) is 30.1 Å². The smallest absolute Gasteiger partial charge is 0.253 e. The van der Waals surface area contributed by atoms with Crippen LogP contribution >= 0.6 is 0 Å². The molecule has 3 N–H and O–H groups in total. The Labute approximate surface area is 195 Å². The fourth-order valence-electron chi connectivity index (χ4n) is 4.10. The van der Waals surface area contributed by atoms with Gasteiger partial charge in [-0.2, -0.15) is 0 Å². The monoisotopic (exact) mass is 459 g/mol. The first-order valence-electron chi connectivity index (χ1n) is 10.7. The van der Waals surface area contributed by atoms with Crippen LogP contribution in [0.25, 0.3) is 22.0 Å². The molecule has 1 amide bonds. The molecule has 0 spiro atoms. The molecule has 4 rings (SSSR count). The topological polar surface area (TPSA) is 113 Å². The molecule has 0 radical (unpaired) electrons. The first kappa shape index (κ1) is 22.8. The van der Waals surface area contributed by atoms with Crippen molar-refractivity contribution in [1.29, 1.82) is 0 Å². The van der Waals surface area contributed by atoms with Crippen LogP contribution in [0, 0.1) is 13.8 Å². The summed E-state index contributed by atoms with van der Waals surface area (Å²) in [6, 6.07) is 13.7. The van der Waals surface area contributed by atoms with E-state index in [0.717, 1.165) is 11.3 Å². The second kappa shape index (κ2) is 9.27. The first-order valence-corrected chi connectivity index (χ1v) is 10.7. The van der Waals surface area contributed by atoms with Gasteiger partial charge in [-0.3, -0.25) is 14.4 Å².